The smallest absolute Gasteiger partial charge is 0.262 e. The van der Waals surface area contributed by atoms with Crippen LogP contribution in [0.2, 0.25) is 5.02 Å². The molecular formula is C21H22ClFN4O2S. The number of imidazole rings is 1. The number of benzene rings is 2. The van der Waals surface area contributed by atoms with Gasteiger partial charge in [-0.1, -0.05) is 23.7 Å². The molecule has 3 aromatic rings. The Balaban J connectivity index is 1.66. The minimum absolute atomic E-state index is 0.0193. The second kappa shape index (κ2) is 8.02. The Hall–Kier alpha value is -2.42. The number of halogens is 2. The molecule has 1 fully saturated rings. The van der Waals surface area contributed by atoms with E-state index in [-0.39, 0.29) is 35.9 Å². The van der Waals surface area contributed by atoms with Gasteiger partial charge in [0.25, 0.3) is 10.0 Å². The van der Waals surface area contributed by atoms with Crippen molar-refractivity contribution in [3.63, 3.8) is 0 Å². The van der Waals surface area contributed by atoms with Gasteiger partial charge in [0.15, 0.2) is 5.03 Å². The highest BCUT2D eigenvalue weighted by atomic mass is 35.5. The van der Waals surface area contributed by atoms with E-state index in [0.717, 1.165) is 16.8 Å². The molecule has 0 radical (unpaired) electrons. The largest absolute Gasteiger partial charge is 0.380 e. The average Bonchev–Trinajstić information content (AvgIpc) is 3.33. The number of aromatic nitrogens is 2. The molecule has 0 aliphatic carbocycles. The Morgan fingerprint density at radius 2 is 1.90 bits per heavy atom. The number of sulfonamides is 1. The predicted octanol–water partition coefficient (Wildman–Crippen LogP) is 3.79. The fourth-order valence-electron chi connectivity index (χ4n) is 3.76. The van der Waals surface area contributed by atoms with E-state index < -0.39 is 10.0 Å². The summed E-state index contributed by atoms with van der Waals surface area (Å²) in [6, 6.07) is 11.6. The van der Waals surface area contributed by atoms with Crippen LogP contribution < -0.4 is 5.32 Å². The predicted molar refractivity (Wildman–Crippen MR) is 115 cm³/mol. The minimum Gasteiger partial charge on any atom is -0.380 e. The van der Waals surface area contributed by atoms with E-state index in [9.17, 15) is 12.8 Å². The first-order valence-electron chi connectivity index (χ1n) is 9.50. The second-order valence-electron chi connectivity index (χ2n) is 7.57. The molecule has 0 spiro atoms. The molecule has 2 heterocycles. The number of rotatable bonds is 5. The molecule has 4 rings (SSSR count). The SMILES string of the molecule is Cc1cc(NC2CN(S(=O)(=O)c3cn(C)cn3)CC2c2ccc(F)cc2)ccc1Cl. The minimum atomic E-state index is -3.74. The van der Waals surface area contributed by atoms with Gasteiger partial charge < -0.3 is 9.88 Å². The Bertz CT molecular complexity index is 1160. The summed E-state index contributed by atoms with van der Waals surface area (Å²) in [6.07, 6.45) is 2.96. The summed E-state index contributed by atoms with van der Waals surface area (Å²) in [5.41, 5.74) is 2.65. The lowest BCUT2D eigenvalue weighted by molar-refractivity contribution is 0.468. The zero-order valence-corrected chi connectivity index (χ0v) is 18.2. The van der Waals surface area contributed by atoms with Crippen LogP contribution >= 0.6 is 11.6 Å². The van der Waals surface area contributed by atoms with Crippen LogP contribution in [0.5, 0.6) is 0 Å². The van der Waals surface area contributed by atoms with Crippen molar-refractivity contribution in [2.24, 2.45) is 7.05 Å². The van der Waals surface area contributed by atoms with E-state index in [1.807, 2.05) is 25.1 Å². The molecule has 0 amide bonds. The lowest BCUT2D eigenvalue weighted by atomic mass is 9.94. The highest BCUT2D eigenvalue weighted by molar-refractivity contribution is 7.89. The number of hydrogen-bond donors (Lipinski definition) is 1. The van der Waals surface area contributed by atoms with Gasteiger partial charge in [-0.25, -0.2) is 17.8 Å². The summed E-state index contributed by atoms with van der Waals surface area (Å²) in [5, 5.41) is 4.13. The van der Waals surface area contributed by atoms with Crippen molar-refractivity contribution in [1.29, 1.82) is 0 Å². The van der Waals surface area contributed by atoms with Crippen molar-refractivity contribution >= 4 is 27.3 Å². The van der Waals surface area contributed by atoms with Crippen molar-refractivity contribution in [2.75, 3.05) is 18.4 Å². The van der Waals surface area contributed by atoms with Crippen molar-refractivity contribution in [2.45, 2.75) is 23.9 Å². The molecule has 9 heteroatoms. The molecule has 1 aromatic heterocycles. The molecule has 2 atom stereocenters. The van der Waals surface area contributed by atoms with Gasteiger partial charge in [-0.3, -0.25) is 0 Å². The number of nitrogens with zero attached hydrogens (tertiary/aromatic N) is 3. The number of aryl methyl sites for hydroxylation is 2. The maximum absolute atomic E-state index is 13.4. The highest BCUT2D eigenvalue weighted by Crippen LogP contribution is 2.33. The molecule has 2 unspecified atom stereocenters. The van der Waals surface area contributed by atoms with Crippen LogP contribution in [0.4, 0.5) is 10.1 Å². The standard InChI is InChI=1S/C21H22ClFN4O2S/c1-14-9-17(7-8-19(14)22)25-20-11-27(30(28,29)21-12-26(2)13-24-21)10-18(20)15-3-5-16(23)6-4-15/h3-9,12-13,18,20,25H,10-11H2,1-2H3. The van der Waals surface area contributed by atoms with E-state index in [1.54, 1.807) is 23.7 Å². The molecule has 158 valence electrons. The van der Waals surface area contributed by atoms with E-state index in [0.29, 0.717) is 5.02 Å². The monoisotopic (exact) mass is 448 g/mol. The maximum atomic E-state index is 13.4. The van der Waals surface area contributed by atoms with Crippen LogP contribution in [-0.4, -0.2) is 41.4 Å². The number of anilines is 1. The molecule has 30 heavy (non-hydrogen) atoms. The molecular weight excluding hydrogens is 427 g/mol. The molecule has 2 aromatic carbocycles. The van der Waals surface area contributed by atoms with Gasteiger partial charge in [0, 0.05) is 49.0 Å². The number of hydrogen-bond acceptors (Lipinski definition) is 4. The summed E-state index contributed by atoms with van der Waals surface area (Å²) in [6.45, 7) is 2.45. The average molecular weight is 449 g/mol. The summed E-state index contributed by atoms with van der Waals surface area (Å²) in [5.74, 6) is -0.479. The lowest BCUT2D eigenvalue weighted by Crippen LogP contribution is -2.32. The fourth-order valence-corrected chi connectivity index (χ4v) is 5.34. The number of nitrogens with one attached hydrogen (secondary N) is 1. The Kier molecular flexibility index (Phi) is 5.57. The fraction of sp³-hybridized carbons (Fsp3) is 0.286. The van der Waals surface area contributed by atoms with Crippen LogP contribution in [-0.2, 0) is 17.1 Å². The molecule has 1 N–H and O–H groups in total. The summed E-state index contributed by atoms with van der Waals surface area (Å²) in [7, 11) is -2.01. The third-order valence-electron chi connectivity index (χ3n) is 5.38. The van der Waals surface area contributed by atoms with Crippen LogP contribution in [0, 0.1) is 12.7 Å². The normalized spacial score (nSPS) is 19.9. The molecule has 0 bridgehead atoms. The van der Waals surface area contributed by atoms with Gasteiger partial charge >= 0.3 is 0 Å². The van der Waals surface area contributed by atoms with E-state index in [2.05, 4.69) is 10.3 Å². The first-order valence-corrected chi connectivity index (χ1v) is 11.3. The zero-order chi connectivity index (χ0) is 21.5. The highest BCUT2D eigenvalue weighted by Gasteiger charge is 2.41. The molecule has 1 saturated heterocycles. The Morgan fingerprint density at radius 3 is 2.53 bits per heavy atom. The van der Waals surface area contributed by atoms with Gasteiger partial charge in [-0.2, -0.15) is 4.31 Å². The van der Waals surface area contributed by atoms with Crippen molar-refractivity contribution in [3.8, 4) is 0 Å². The summed E-state index contributed by atoms with van der Waals surface area (Å²) < 4.78 is 42.7. The quantitative estimate of drug-likeness (QED) is 0.644. The molecule has 0 saturated carbocycles. The van der Waals surface area contributed by atoms with Crippen molar-refractivity contribution in [3.05, 3.63) is 77.0 Å². The lowest BCUT2D eigenvalue weighted by Gasteiger charge is -2.21. The molecule has 1 aliphatic heterocycles. The summed E-state index contributed by atoms with van der Waals surface area (Å²) in [4.78, 5) is 4.02. The van der Waals surface area contributed by atoms with Crippen LogP contribution in [0.25, 0.3) is 0 Å². The third kappa shape index (κ3) is 4.08. The molecule has 6 nitrogen and oxygen atoms in total. The zero-order valence-electron chi connectivity index (χ0n) is 16.6. The van der Waals surface area contributed by atoms with Crippen LogP contribution in [0.15, 0.2) is 60.0 Å². The van der Waals surface area contributed by atoms with Crippen LogP contribution in [0.1, 0.15) is 17.0 Å². The Morgan fingerprint density at radius 1 is 1.17 bits per heavy atom. The van der Waals surface area contributed by atoms with Crippen molar-refractivity contribution in [1.82, 2.24) is 13.9 Å². The first-order chi connectivity index (χ1) is 14.2. The first kappa shape index (κ1) is 20.8. The van der Waals surface area contributed by atoms with E-state index >= 15 is 0 Å². The van der Waals surface area contributed by atoms with Gasteiger partial charge in [0.1, 0.15) is 5.82 Å². The van der Waals surface area contributed by atoms with Crippen molar-refractivity contribution < 1.29 is 12.8 Å². The maximum Gasteiger partial charge on any atom is 0.262 e. The van der Waals surface area contributed by atoms with Gasteiger partial charge in [-0.15, -0.1) is 0 Å². The second-order valence-corrected chi connectivity index (χ2v) is 9.86. The molecule has 1 aliphatic rings. The van der Waals surface area contributed by atoms with E-state index in [1.165, 1.54) is 29.0 Å². The Labute approximate surface area is 180 Å². The van der Waals surface area contributed by atoms with Crippen LogP contribution in [0.3, 0.4) is 0 Å². The third-order valence-corrected chi connectivity index (χ3v) is 7.52. The van der Waals surface area contributed by atoms with Gasteiger partial charge in [0.05, 0.1) is 6.33 Å². The van der Waals surface area contributed by atoms with Gasteiger partial charge in [-0.05, 0) is 48.4 Å². The topological polar surface area (TPSA) is 67.2 Å². The van der Waals surface area contributed by atoms with E-state index in [4.69, 9.17) is 11.6 Å². The summed E-state index contributed by atoms with van der Waals surface area (Å²) >= 11 is 6.13. The van der Waals surface area contributed by atoms with Gasteiger partial charge in [0.2, 0.25) is 0 Å².